The quantitative estimate of drug-likeness (QED) is 0.925. The summed E-state index contributed by atoms with van der Waals surface area (Å²) >= 11 is 3.38. The Hall–Kier alpha value is -1.65. The van der Waals surface area contributed by atoms with Crippen molar-refractivity contribution in [2.45, 2.75) is 6.04 Å². The summed E-state index contributed by atoms with van der Waals surface area (Å²) in [6, 6.07) is 17.0. The van der Waals surface area contributed by atoms with Crippen LogP contribution in [-0.2, 0) is 4.79 Å². The molecule has 0 saturated heterocycles. The second-order valence-electron chi connectivity index (χ2n) is 4.77. The van der Waals surface area contributed by atoms with Gasteiger partial charge in [0.2, 0.25) is 5.91 Å². The Morgan fingerprint density at radius 1 is 1.05 bits per heavy atom. The lowest BCUT2D eigenvalue weighted by Gasteiger charge is -2.23. The number of amides is 1. The monoisotopic (exact) mass is 332 g/mol. The Kier molecular flexibility index (Phi) is 4.93. The molecule has 0 saturated carbocycles. The van der Waals surface area contributed by atoms with E-state index in [9.17, 15) is 4.79 Å². The fraction of sp³-hybridized carbons (Fsp3) is 0.188. The van der Waals surface area contributed by atoms with Crippen LogP contribution < -0.4 is 5.32 Å². The lowest BCUT2D eigenvalue weighted by molar-refractivity contribution is -0.120. The van der Waals surface area contributed by atoms with Crippen LogP contribution in [0, 0.1) is 0 Å². The molecule has 0 aliphatic rings. The summed E-state index contributed by atoms with van der Waals surface area (Å²) in [6.45, 7) is 0. The molecule has 0 radical (unpaired) electrons. The number of nitrogens with zero attached hydrogens (tertiary/aromatic N) is 1. The fourth-order valence-electron chi connectivity index (χ4n) is 2.06. The number of carbonyl (C=O) groups is 1. The Morgan fingerprint density at radius 2 is 1.65 bits per heavy atom. The van der Waals surface area contributed by atoms with Crippen molar-refractivity contribution < 1.29 is 4.79 Å². The van der Waals surface area contributed by atoms with E-state index in [4.69, 9.17) is 0 Å². The van der Waals surface area contributed by atoms with Crippen molar-refractivity contribution in [3.05, 3.63) is 64.6 Å². The Balaban J connectivity index is 2.18. The Labute approximate surface area is 127 Å². The highest BCUT2D eigenvalue weighted by Gasteiger charge is 2.22. The van der Waals surface area contributed by atoms with Gasteiger partial charge < -0.3 is 5.32 Å². The van der Waals surface area contributed by atoms with E-state index < -0.39 is 0 Å². The lowest BCUT2D eigenvalue weighted by atomic mass is 10.1. The van der Waals surface area contributed by atoms with Gasteiger partial charge >= 0.3 is 0 Å². The molecular weight excluding hydrogens is 316 g/mol. The van der Waals surface area contributed by atoms with Crippen molar-refractivity contribution in [1.82, 2.24) is 4.90 Å². The van der Waals surface area contributed by atoms with Gasteiger partial charge in [0.1, 0.15) is 6.04 Å². The van der Waals surface area contributed by atoms with Gasteiger partial charge in [0.05, 0.1) is 0 Å². The molecule has 2 aromatic rings. The van der Waals surface area contributed by atoms with E-state index in [1.54, 1.807) is 0 Å². The van der Waals surface area contributed by atoms with Crippen molar-refractivity contribution in [3.63, 3.8) is 0 Å². The number of nitrogens with one attached hydrogen (secondary N) is 1. The summed E-state index contributed by atoms with van der Waals surface area (Å²) in [5.74, 6) is -0.0384. The molecule has 0 bridgehead atoms. The number of carbonyl (C=O) groups excluding carboxylic acids is 1. The number of hydrogen-bond donors (Lipinski definition) is 1. The van der Waals surface area contributed by atoms with Gasteiger partial charge in [-0.05, 0) is 43.9 Å². The number of halogens is 1. The number of anilines is 1. The average molecular weight is 333 g/mol. The molecule has 3 nitrogen and oxygen atoms in total. The first-order valence-electron chi connectivity index (χ1n) is 6.36. The number of benzene rings is 2. The number of hydrogen-bond acceptors (Lipinski definition) is 2. The summed E-state index contributed by atoms with van der Waals surface area (Å²) in [4.78, 5) is 14.4. The SMILES string of the molecule is CN(C)C(C(=O)Nc1ccc(Br)cc1)c1ccccc1. The Bertz CT molecular complexity index is 567. The molecule has 20 heavy (non-hydrogen) atoms. The van der Waals surface area contributed by atoms with Crippen molar-refractivity contribution in [1.29, 1.82) is 0 Å². The maximum absolute atomic E-state index is 12.5. The van der Waals surface area contributed by atoms with Crippen LogP contribution in [0.4, 0.5) is 5.69 Å². The first-order chi connectivity index (χ1) is 9.58. The maximum Gasteiger partial charge on any atom is 0.246 e. The van der Waals surface area contributed by atoms with E-state index in [2.05, 4.69) is 21.2 Å². The molecule has 0 heterocycles. The van der Waals surface area contributed by atoms with Crippen LogP contribution in [0.15, 0.2) is 59.1 Å². The van der Waals surface area contributed by atoms with Crippen LogP contribution in [0.25, 0.3) is 0 Å². The Morgan fingerprint density at radius 3 is 2.20 bits per heavy atom. The van der Waals surface area contributed by atoms with Gasteiger partial charge in [-0.3, -0.25) is 9.69 Å². The lowest BCUT2D eigenvalue weighted by Crippen LogP contribution is -2.32. The summed E-state index contributed by atoms with van der Waals surface area (Å²) in [6.07, 6.45) is 0. The molecule has 4 heteroatoms. The van der Waals surface area contributed by atoms with Gasteiger partial charge in [-0.25, -0.2) is 0 Å². The summed E-state index contributed by atoms with van der Waals surface area (Å²) in [5, 5.41) is 2.95. The van der Waals surface area contributed by atoms with Gasteiger partial charge in [-0.15, -0.1) is 0 Å². The first-order valence-corrected chi connectivity index (χ1v) is 7.15. The first kappa shape index (κ1) is 14.8. The minimum Gasteiger partial charge on any atom is -0.324 e. The second-order valence-corrected chi connectivity index (χ2v) is 5.69. The van der Waals surface area contributed by atoms with Crippen molar-refractivity contribution >= 4 is 27.5 Å². The van der Waals surface area contributed by atoms with Crippen LogP contribution in [0.5, 0.6) is 0 Å². The van der Waals surface area contributed by atoms with Crippen molar-refractivity contribution in [2.75, 3.05) is 19.4 Å². The highest BCUT2D eigenvalue weighted by Crippen LogP contribution is 2.21. The second kappa shape index (κ2) is 6.68. The standard InChI is InChI=1S/C16H17BrN2O/c1-19(2)15(12-6-4-3-5-7-12)16(20)18-14-10-8-13(17)9-11-14/h3-11,15H,1-2H3,(H,18,20). The molecule has 0 aromatic heterocycles. The van der Waals surface area contributed by atoms with Gasteiger partial charge in [0.25, 0.3) is 0 Å². The molecule has 2 rings (SSSR count). The average Bonchev–Trinajstić information content (AvgIpc) is 2.42. The molecule has 0 aliphatic heterocycles. The third-order valence-electron chi connectivity index (χ3n) is 2.99. The van der Waals surface area contributed by atoms with Crippen molar-refractivity contribution in [3.8, 4) is 0 Å². The molecule has 1 amide bonds. The summed E-state index contributed by atoms with van der Waals surface area (Å²) in [5.41, 5.74) is 1.77. The molecule has 1 unspecified atom stereocenters. The van der Waals surface area contributed by atoms with E-state index in [-0.39, 0.29) is 11.9 Å². The summed E-state index contributed by atoms with van der Waals surface area (Å²) in [7, 11) is 3.80. The van der Waals surface area contributed by atoms with Gasteiger partial charge in [-0.2, -0.15) is 0 Å². The van der Waals surface area contributed by atoms with E-state index in [0.717, 1.165) is 15.7 Å². The highest BCUT2D eigenvalue weighted by molar-refractivity contribution is 9.10. The smallest absolute Gasteiger partial charge is 0.246 e. The van der Waals surface area contributed by atoms with E-state index >= 15 is 0 Å². The zero-order chi connectivity index (χ0) is 14.5. The molecule has 1 atom stereocenters. The van der Waals surface area contributed by atoms with Gasteiger partial charge in [0.15, 0.2) is 0 Å². The molecule has 1 N–H and O–H groups in total. The maximum atomic E-state index is 12.5. The van der Waals surface area contributed by atoms with Gasteiger partial charge in [-0.1, -0.05) is 46.3 Å². The normalized spacial score (nSPS) is 12.2. The number of likely N-dealkylation sites (N-methyl/N-ethyl adjacent to an activating group) is 1. The third-order valence-corrected chi connectivity index (χ3v) is 3.52. The fourth-order valence-corrected chi connectivity index (χ4v) is 2.33. The van der Waals surface area contributed by atoms with E-state index in [1.807, 2.05) is 73.6 Å². The third kappa shape index (κ3) is 3.68. The topological polar surface area (TPSA) is 32.3 Å². The molecule has 2 aromatic carbocycles. The summed E-state index contributed by atoms with van der Waals surface area (Å²) < 4.78 is 0.989. The molecule has 104 valence electrons. The van der Waals surface area contributed by atoms with Crippen LogP contribution in [0.2, 0.25) is 0 Å². The van der Waals surface area contributed by atoms with Crippen LogP contribution in [0.3, 0.4) is 0 Å². The van der Waals surface area contributed by atoms with Crippen LogP contribution >= 0.6 is 15.9 Å². The predicted octanol–water partition coefficient (Wildman–Crippen LogP) is 3.69. The zero-order valence-corrected chi connectivity index (χ0v) is 13.1. The predicted molar refractivity (Wildman–Crippen MR) is 85.6 cm³/mol. The minimum absolute atomic E-state index is 0.0384. The van der Waals surface area contributed by atoms with Crippen LogP contribution in [-0.4, -0.2) is 24.9 Å². The number of rotatable bonds is 4. The molecule has 0 aliphatic carbocycles. The molecular formula is C16H17BrN2O. The highest BCUT2D eigenvalue weighted by atomic mass is 79.9. The largest absolute Gasteiger partial charge is 0.324 e. The zero-order valence-electron chi connectivity index (χ0n) is 11.5. The van der Waals surface area contributed by atoms with E-state index in [0.29, 0.717) is 0 Å². The molecule has 0 fully saturated rings. The minimum atomic E-state index is -0.306. The van der Waals surface area contributed by atoms with Gasteiger partial charge in [0, 0.05) is 10.2 Å². The van der Waals surface area contributed by atoms with Crippen LogP contribution in [0.1, 0.15) is 11.6 Å². The van der Waals surface area contributed by atoms with E-state index in [1.165, 1.54) is 0 Å². The molecule has 0 spiro atoms. The van der Waals surface area contributed by atoms with Crippen molar-refractivity contribution in [2.24, 2.45) is 0 Å².